The third kappa shape index (κ3) is 3.40. The van der Waals surface area contributed by atoms with E-state index in [-0.39, 0.29) is 18.3 Å². The van der Waals surface area contributed by atoms with Crippen molar-refractivity contribution in [3.63, 3.8) is 0 Å². The van der Waals surface area contributed by atoms with Gasteiger partial charge in [-0.1, -0.05) is 0 Å². The molecule has 1 saturated carbocycles. The summed E-state index contributed by atoms with van der Waals surface area (Å²) in [6.07, 6.45) is 4.73. The average molecular weight is 266 g/mol. The van der Waals surface area contributed by atoms with Gasteiger partial charge < -0.3 is 4.74 Å². The van der Waals surface area contributed by atoms with E-state index >= 15 is 0 Å². The van der Waals surface area contributed by atoms with Gasteiger partial charge in [0, 0.05) is 12.1 Å². The summed E-state index contributed by atoms with van der Waals surface area (Å²) < 4.78 is 6.20. The van der Waals surface area contributed by atoms with Crippen LogP contribution in [0, 0.1) is 10.1 Å². The molecule has 0 N–H and O–H groups in total. The Morgan fingerprint density at radius 2 is 2.11 bits per heavy atom. The molecule has 0 atom stereocenters. The fraction of sp³-hybridized carbons (Fsp3) is 0.500. The lowest BCUT2D eigenvalue weighted by Crippen LogP contribution is -2.26. The lowest BCUT2D eigenvalue weighted by atomic mass is 10.3. The van der Waals surface area contributed by atoms with E-state index < -0.39 is 16.5 Å². The molecule has 0 radical (unpaired) electrons. The Morgan fingerprint density at radius 3 is 2.74 bits per heavy atom. The maximum atomic E-state index is 11.7. The molecule has 0 amide bonds. The minimum Gasteiger partial charge on any atom is -0.461 e. The van der Waals surface area contributed by atoms with Crippen molar-refractivity contribution in [3.05, 3.63) is 38.8 Å². The van der Waals surface area contributed by atoms with E-state index in [1.54, 1.807) is 0 Å². The molecule has 0 aliphatic heterocycles. The smallest absolute Gasteiger partial charge is 0.326 e. The molecule has 0 unspecified atom stereocenters. The number of hydrogen-bond acceptors (Lipinski definition) is 5. The van der Waals surface area contributed by atoms with Crippen LogP contribution in [0.25, 0.3) is 0 Å². The van der Waals surface area contributed by atoms with Gasteiger partial charge in [-0.25, -0.2) is 0 Å². The van der Waals surface area contributed by atoms with Gasteiger partial charge in [-0.2, -0.15) is 0 Å². The number of aromatic nitrogens is 1. The van der Waals surface area contributed by atoms with Crippen molar-refractivity contribution in [3.8, 4) is 0 Å². The molecular formula is C12H14N2O5. The molecule has 1 aliphatic rings. The quantitative estimate of drug-likeness (QED) is 0.464. The predicted octanol–water partition coefficient (Wildman–Crippen LogP) is 1.24. The van der Waals surface area contributed by atoms with Gasteiger partial charge in [-0.15, -0.1) is 0 Å². The fourth-order valence-electron chi connectivity index (χ4n) is 2.12. The van der Waals surface area contributed by atoms with E-state index in [2.05, 4.69) is 0 Å². The first kappa shape index (κ1) is 13.3. The van der Waals surface area contributed by atoms with Crippen molar-refractivity contribution in [1.29, 1.82) is 0 Å². The lowest BCUT2D eigenvalue weighted by Gasteiger charge is -2.11. The highest BCUT2D eigenvalue weighted by atomic mass is 16.6. The molecule has 0 aromatic carbocycles. The van der Waals surface area contributed by atoms with E-state index in [4.69, 9.17) is 4.74 Å². The van der Waals surface area contributed by atoms with Gasteiger partial charge in [0.1, 0.15) is 12.6 Å². The molecule has 0 saturated heterocycles. The number of pyridine rings is 1. The highest BCUT2D eigenvalue weighted by Gasteiger charge is 2.20. The molecule has 7 heteroatoms. The van der Waals surface area contributed by atoms with Crippen LogP contribution in [0.15, 0.2) is 23.1 Å². The second kappa shape index (κ2) is 5.64. The van der Waals surface area contributed by atoms with E-state index in [1.165, 1.54) is 0 Å². The van der Waals surface area contributed by atoms with Crippen molar-refractivity contribution in [2.75, 3.05) is 0 Å². The number of esters is 1. The van der Waals surface area contributed by atoms with Crippen LogP contribution in [0.2, 0.25) is 0 Å². The molecule has 19 heavy (non-hydrogen) atoms. The summed E-state index contributed by atoms with van der Waals surface area (Å²) in [4.78, 5) is 33.1. The zero-order chi connectivity index (χ0) is 13.8. The number of hydrogen-bond donors (Lipinski definition) is 0. The third-order valence-corrected chi connectivity index (χ3v) is 3.08. The summed E-state index contributed by atoms with van der Waals surface area (Å²) in [5.41, 5.74) is -0.692. The van der Waals surface area contributed by atoms with Gasteiger partial charge in [0.05, 0.1) is 11.1 Å². The number of carbonyl (C=O) groups excluding carboxylic acids is 1. The van der Waals surface area contributed by atoms with E-state index in [0.717, 1.165) is 48.6 Å². The first-order valence-corrected chi connectivity index (χ1v) is 6.10. The molecule has 7 nitrogen and oxygen atoms in total. The molecule has 1 heterocycles. The van der Waals surface area contributed by atoms with E-state index in [0.29, 0.717) is 0 Å². The maximum Gasteiger partial charge on any atom is 0.326 e. The highest BCUT2D eigenvalue weighted by molar-refractivity contribution is 5.69. The minimum absolute atomic E-state index is 0.0816. The third-order valence-electron chi connectivity index (χ3n) is 3.08. The molecule has 2 rings (SSSR count). The second-order valence-electron chi connectivity index (χ2n) is 4.51. The number of carbonyl (C=O) groups is 1. The van der Waals surface area contributed by atoms with Crippen LogP contribution < -0.4 is 5.56 Å². The molecule has 1 aromatic heterocycles. The van der Waals surface area contributed by atoms with Crippen molar-refractivity contribution in [2.45, 2.75) is 38.3 Å². The molecular weight excluding hydrogens is 252 g/mol. The van der Waals surface area contributed by atoms with Crippen molar-refractivity contribution < 1.29 is 14.5 Å². The summed E-state index contributed by atoms with van der Waals surface area (Å²) in [6.45, 7) is -0.295. The Balaban J connectivity index is 2.05. The Hall–Kier alpha value is -2.18. The van der Waals surface area contributed by atoms with Crippen molar-refractivity contribution >= 4 is 11.7 Å². The Labute approximate surface area is 108 Å². The summed E-state index contributed by atoms with van der Waals surface area (Å²) in [6, 6.07) is 2.18. The van der Waals surface area contributed by atoms with E-state index in [1.807, 2.05) is 0 Å². The first-order valence-electron chi connectivity index (χ1n) is 6.10. The maximum absolute atomic E-state index is 11.7. The van der Waals surface area contributed by atoms with Gasteiger partial charge in [-0.05, 0) is 25.7 Å². The van der Waals surface area contributed by atoms with Crippen LogP contribution in [-0.4, -0.2) is 21.6 Å². The molecule has 0 bridgehead atoms. The number of ether oxygens (including phenoxy) is 1. The van der Waals surface area contributed by atoms with Crippen LogP contribution in [0.3, 0.4) is 0 Å². The number of rotatable bonds is 4. The average Bonchev–Trinajstić information content (AvgIpc) is 2.84. The predicted molar refractivity (Wildman–Crippen MR) is 65.7 cm³/mol. The Kier molecular flexibility index (Phi) is 3.94. The summed E-state index contributed by atoms with van der Waals surface area (Å²) in [7, 11) is 0. The fourth-order valence-corrected chi connectivity index (χ4v) is 2.12. The first-order chi connectivity index (χ1) is 9.06. The Bertz CT molecular complexity index is 545. The zero-order valence-corrected chi connectivity index (χ0v) is 10.3. The standard InChI is InChI=1S/C12H14N2O5/c15-11-6-5-9(14(17)18)7-13(11)8-12(16)19-10-3-1-2-4-10/h5-7,10H,1-4,8H2. The van der Waals surface area contributed by atoms with Crippen LogP contribution >= 0.6 is 0 Å². The monoisotopic (exact) mass is 266 g/mol. The minimum atomic E-state index is -0.613. The summed E-state index contributed by atoms with van der Waals surface area (Å²) in [5, 5.41) is 10.6. The van der Waals surface area contributed by atoms with Crippen LogP contribution in [0.1, 0.15) is 25.7 Å². The topological polar surface area (TPSA) is 91.4 Å². The number of nitrogens with zero attached hydrogens (tertiary/aromatic N) is 2. The van der Waals surface area contributed by atoms with Gasteiger partial charge in [-0.3, -0.25) is 24.3 Å². The molecule has 1 aromatic rings. The summed E-state index contributed by atoms with van der Waals surface area (Å²) >= 11 is 0. The highest BCUT2D eigenvalue weighted by Crippen LogP contribution is 2.21. The van der Waals surface area contributed by atoms with Gasteiger partial charge >= 0.3 is 5.97 Å². The second-order valence-corrected chi connectivity index (χ2v) is 4.51. The SMILES string of the molecule is O=C(Cn1cc([N+](=O)[O-])ccc1=O)OC1CCCC1. The van der Waals surface area contributed by atoms with Crippen LogP contribution in [-0.2, 0) is 16.1 Å². The van der Waals surface area contributed by atoms with Gasteiger partial charge in [0.2, 0.25) is 0 Å². The van der Waals surface area contributed by atoms with Crippen LogP contribution in [0.4, 0.5) is 5.69 Å². The normalized spacial score (nSPS) is 15.4. The summed E-state index contributed by atoms with van der Waals surface area (Å²) in [5.74, 6) is -0.533. The number of nitro groups is 1. The Morgan fingerprint density at radius 1 is 1.42 bits per heavy atom. The lowest BCUT2D eigenvalue weighted by molar-refractivity contribution is -0.385. The molecule has 1 fully saturated rings. The van der Waals surface area contributed by atoms with Crippen LogP contribution in [0.5, 0.6) is 0 Å². The molecule has 102 valence electrons. The molecule has 1 aliphatic carbocycles. The van der Waals surface area contributed by atoms with Gasteiger partial charge in [0.25, 0.3) is 11.2 Å². The largest absolute Gasteiger partial charge is 0.461 e. The van der Waals surface area contributed by atoms with Crippen molar-refractivity contribution in [2.24, 2.45) is 0 Å². The van der Waals surface area contributed by atoms with Gasteiger partial charge in [0.15, 0.2) is 0 Å². The van der Waals surface area contributed by atoms with E-state index in [9.17, 15) is 19.7 Å². The van der Waals surface area contributed by atoms with Crippen molar-refractivity contribution in [1.82, 2.24) is 4.57 Å². The molecule has 0 spiro atoms. The zero-order valence-electron chi connectivity index (χ0n) is 10.3.